The summed E-state index contributed by atoms with van der Waals surface area (Å²) >= 11 is 0. The van der Waals surface area contributed by atoms with Gasteiger partial charge in [-0.25, -0.2) is 14.8 Å². The third-order valence-corrected chi connectivity index (χ3v) is 11.4. The number of rotatable bonds is 35. The number of carbonyl (C=O) groups is 9. The first kappa shape index (κ1) is 63.2. The normalized spacial score (nSPS) is 16.1. The van der Waals surface area contributed by atoms with Crippen LogP contribution in [-0.4, -0.2) is 190 Å². The van der Waals surface area contributed by atoms with Crippen molar-refractivity contribution in [2.75, 3.05) is 52.4 Å². The number of aliphatic imine (C=N–C) groups is 2. The molecule has 30 heteroatoms. The summed E-state index contributed by atoms with van der Waals surface area (Å²) in [6.45, 7) is -1.09. The summed E-state index contributed by atoms with van der Waals surface area (Å²) < 4.78 is 0. The second kappa shape index (κ2) is 34.5. The number of nitrogens with two attached hydrogens (primary N) is 7. The van der Waals surface area contributed by atoms with E-state index in [0.29, 0.717) is 44.3 Å². The van der Waals surface area contributed by atoms with Crippen LogP contribution in [0.3, 0.4) is 0 Å². The Hall–Kier alpha value is -6.96. The Labute approximate surface area is 427 Å². The Balaban J connectivity index is 2.29. The number of imidazole rings is 1. The van der Waals surface area contributed by atoms with Gasteiger partial charge >= 0.3 is 5.97 Å². The molecule has 1 fully saturated rings. The minimum Gasteiger partial charge on any atom is -0.477 e. The van der Waals surface area contributed by atoms with Gasteiger partial charge in [0.05, 0.1) is 25.0 Å². The average Bonchev–Trinajstić information content (AvgIpc) is 4.09. The lowest BCUT2D eigenvalue weighted by Gasteiger charge is -2.27. The zero-order valence-corrected chi connectivity index (χ0v) is 41.5. The van der Waals surface area contributed by atoms with Crippen molar-refractivity contribution >= 4 is 64.9 Å². The van der Waals surface area contributed by atoms with Gasteiger partial charge < -0.3 is 97.2 Å². The smallest absolute Gasteiger partial charge is 0.352 e. The molecule has 0 aliphatic carbocycles. The molecule has 0 spiro atoms. The molecule has 8 amide bonds. The third kappa shape index (κ3) is 22.4. The molecule has 1 aliphatic heterocycles. The molecule has 1 aliphatic rings. The Morgan fingerprint density at radius 3 is 2.09 bits per heavy atom. The van der Waals surface area contributed by atoms with Crippen LogP contribution in [0.2, 0.25) is 0 Å². The van der Waals surface area contributed by atoms with Crippen molar-refractivity contribution < 1.29 is 58.5 Å². The first-order valence-electron chi connectivity index (χ1n) is 24.3. The number of hydrogen-bond acceptors (Lipinski definition) is 18. The number of nitrogens with one attached hydrogen (secondary N) is 7. The van der Waals surface area contributed by atoms with E-state index >= 15 is 0 Å². The van der Waals surface area contributed by atoms with Crippen molar-refractivity contribution in [3.05, 3.63) is 30.0 Å². The summed E-state index contributed by atoms with van der Waals surface area (Å²) in [5.74, 6) is -8.76. The Kier molecular flexibility index (Phi) is 29.4. The molecule has 1 aromatic heterocycles. The van der Waals surface area contributed by atoms with Gasteiger partial charge in [0.15, 0.2) is 5.96 Å². The van der Waals surface area contributed by atoms with E-state index in [0.717, 1.165) is 0 Å². The summed E-state index contributed by atoms with van der Waals surface area (Å²) in [5.41, 5.74) is 38.7. The molecule has 414 valence electrons. The topological polar surface area (TPSA) is 525 Å². The number of aliphatic hydroxyl groups is 2. The molecule has 2 rings (SSSR count). The maximum Gasteiger partial charge on any atom is 0.352 e. The number of amides is 8. The number of likely N-dealkylation sites (tertiary alicyclic amines) is 1. The monoisotopic (exact) mass is 1050 g/mol. The predicted molar refractivity (Wildman–Crippen MR) is 268 cm³/mol. The second-order valence-electron chi connectivity index (χ2n) is 17.2. The summed E-state index contributed by atoms with van der Waals surface area (Å²) in [6, 6.07) is -8.05. The highest BCUT2D eigenvalue weighted by Gasteiger charge is 2.39. The zero-order chi connectivity index (χ0) is 55.2. The lowest BCUT2D eigenvalue weighted by atomic mass is 10.1. The minimum absolute atomic E-state index is 0.0332. The fourth-order valence-electron chi connectivity index (χ4n) is 7.38. The third-order valence-electron chi connectivity index (χ3n) is 11.4. The number of unbranched alkanes of at least 4 members (excludes halogenated alkanes) is 2. The van der Waals surface area contributed by atoms with Gasteiger partial charge in [-0.05, 0) is 90.3 Å². The molecule has 2 heterocycles. The molecule has 1 saturated heterocycles. The summed E-state index contributed by atoms with van der Waals surface area (Å²) in [6.07, 6.45) is 4.59. The van der Waals surface area contributed by atoms with Crippen molar-refractivity contribution in [1.29, 1.82) is 0 Å². The number of carbonyl (C=O) groups excluding carboxylic acids is 8. The van der Waals surface area contributed by atoms with Crippen molar-refractivity contribution in [3.63, 3.8) is 0 Å². The van der Waals surface area contributed by atoms with E-state index in [1.165, 1.54) is 23.5 Å². The molecule has 0 radical (unpaired) electrons. The van der Waals surface area contributed by atoms with Crippen molar-refractivity contribution in [2.24, 2.45) is 50.1 Å². The maximum absolute atomic E-state index is 14.1. The fraction of sp³-hybridized carbons (Fsp3) is 0.636. The number of carboxylic acids is 1. The first-order valence-corrected chi connectivity index (χ1v) is 24.3. The number of H-pyrrole nitrogens is 1. The van der Waals surface area contributed by atoms with Crippen LogP contribution in [0, 0.1) is 0 Å². The summed E-state index contributed by atoms with van der Waals surface area (Å²) in [7, 11) is 0. The lowest BCUT2D eigenvalue weighted by molar-refractivity contribution is -0.137. The number of carboxylic acid groups (broad SMARTS) is 1. The SMILES string of the molecule is NCCCC[C@H](NC(=O)[C@H](Cc1cnc[nH]1)NC(=O)[C@@H]1CCCN1C(=O)C(CCCN)=NC(=O)CNC(=O)[C@H](CCO)NC(=O)[C@@H](NC(=O)[C@@H](N)CCCCN)[C@@H](O)CN)C(=O)N/C(=C\CCN=C(N)N)C(=O)O. The number of guanidine groups is 1. The van der Waals surface area contributed by atoms with Gasteiger partial charge in [-0.1, -0.05) is 12.5 Å². The Morgan fingerprint density at radius 2 is 1.49 bits per heavy atom. The van der Waals surface area contributed by atoms with Crippen LogP contribution in [0.4, 0.5) is 0 Å². The lowest BCUT2D eigenvalue weighted by Crippen LogP contribution is -2.60. The zero-order valence-electron chi connectivity index (χ0n) is 41.5. The predicted octanol–water partition coefficient (Wildman–Crippen LogP) is -7.26. The highest BCUT2D eigenvalue weighted by Crippen LogP contribution is 2.20. The molecular formula is C44H76N18O12. The van der Waals surface area contributed by atoms with E-state index < -0.39 is 121 Å². The standard InChI is InChI=1S/C44H76N18O12/c45-14-3-1-8-26(49)36(66)61-35(33(64)21-48)41(71)58-28(13-19-63)37(67)54-23-34(65)56-29(10-5-16-47)42(72)62-18-7-12-32(62)40(70)60-31(20-25-22-52-24-55-25)39(69)57-27(9-2-4-15-46)38(68)59-30(43(73)74)11-6-17-53-44(50)51/h11,22,24,26-28,31-33,35,63-64H,1-10,12-21,23,45-49H2,(H,52,55)(H,54,67)(H,57,69)(H,58,71)(H,59,68)(H,60,70)(H,61,66)(H,73,74)(H4,50,51,53)/b30-11-,56-29?/t26-,27-,28-,31-,32-,33-,35-/m0/s1. The number of nitrogens with zero attached hydrogens (tertiary/aromatic N) is 4. The molecule has 30 nitrogen and oxygen atoms in total. The summed E-state index contributed by atoms with van der Waals surface area (Å²) in [4.78, 5) is 136. The number of aromatic amines is 1. The van der Waals surface area contributed by atoms with E-state index in [2.05, 4.69) is 51.9 Å². The van der Waals surface area contributed by atoms with Crippen LogP contribution in [-0.2, 0) is 49.6 Å². The van der Waals surface area contributed by atoms with Crippen molar-refractivity contribution in [3.8, 4) is 0 Å². The number of hydrogen-bond donors (Lipinski definition) is 17. The van der Waals surface area contributed by atoms with Crippen molar-refractivity contribution in [2.45, 2.75) is 126 Å². The molecular weight excluding hydrogens is 973 g/mol. The van der Waals surface area contributed by atoms with Crippen LogP contribution >= 0.6 is 0 Å². The summed E-state index contributed by atoms with van der Waals surface area (Å²) in [5, 5.41) is 44.5. The van der Waals surface area contributed by atoms with Crippen molar-refractivity contribution in [1.82, 2.24) is 46.8 Å². The van der Waals surface area contributed by atoms with E-state index in [1.807, 2.05) is 0 Å². The largest absolute Gasteiger partial charge is 0.477 e. The molecule has 7 atom stereocenters. The quantitative estimate of drug-likeness (QED) is 0.0130. The molecule has 0 saturated carbocycles. The van der Waals surface area contributed by atoms with Gasteiger partial charge in [-0.2, -0.15) is 0 Å². The molecule has 0 unspecified atom stereocenters. The Bertz CT molecular complexity index is 2100. The average molecular weight is 1050 g/mol. The minimum atomic E-state index is -1.65. The van der Waals surface area contributed by atoms with Gasteiger partial charge in [0.25, 0.3) is 11.8 Å². The van der Waals surface area contributed by atoms with Crippen LogP contribution < -0.4 is 72.0 Å². The molecule has 1 aromatic rings. The Morgan fingerprint density at radius 1 is 0.824 bits per heavy atom. The van der Waals surface area contributed by atoms with Crippen LogP contribution in [0.5, 0.6) is 0 Å². The molecule has 0 bridgehead atoms. The van der Waals surface area contributed by atoms with Crippen LogP contribution in [0.1, 0.15) is 82.7 Å². The van der Waals surface area contributed by atoms with Gasteiger partial charge in [0.1, 0.15) is 41.6 Å². The van der Waals surface area contributed by atoms with E-state index in [-0.39, 0.29) is 89.2 Å². The molecule has 24 N–H and O–H groups in total. The highest BCUT2D eigenvalue weighted by atomic mass is 16.4. The number of aliphatic hydroxyl groups excluding tert-OH is 2. The van der Waals surface area contributed by atoms with Gasteiger partial charge in [0, 0.05) is 44.6 Å². The fourth-order valence-corrected chi connectivity index (χ4v) is 7.38. The molecule has 74 heavy (non-hydrogen) atoms. The second-order valence-corrected chi connectivity index (χ2v) is 17.2. The van der Waals surface area contributed by atoms with Crippen LogP contribution in [0.15, 0.2) is 34.3 Å². The van der Waals surface area contributed by atoms with Crippen LogP contribution in [0.25, 0.3) is 0 Å². The maximum atomic E-state index is 14.1. The van der Waals surface area contributed by atoms with Gasteiger partial charge in [-0.3, -0.25) is 43.3 Å². The van der Waals surface area contributed by atoms with E-state index in [9.17, 15) is 58.5 Å². The van der Waals surface area contributed by atoms with E-state index in [4.69, 9.17) is 40.1 Å². The molecule has 0 aromatic carbocycles. The van der Waals surface area contributed by atoms with Gasteiger partial charge in [0.2, 0.25) is 35.4 Å². The number of aromatic nitrogens is 2. The van der Waals surface area contributed by atoms with Gasteiger partial charge in [-0.15, -0.1) is 0 Å². The highest BCUT2D eigenvalue weighted by molar-refractivity contribution is 6.40. The number of aliphatic carboxylic acids is 1. The van der Waals surface area contributed by atoms with E-state index in [1.54, 1.807) is 0 Å². The first-order chi connectivity index (χ1) is 35.3.